The average molecular weight is 336 g/mol. The normalized spacial score (nSPS) is 11.2. The lowest BCUT2D eigenvalue weighted by molar-refractivity contribution is 0.100. The highest BCUT2D eigenvalue weighted by molar-refractivity contribution is 6.11. The van der Waals surface area contributed by atoms with Crippen molar-refractivity contribution in [2.45, 2.75) is 0 Å². The second-order valence-electron chi connectivity index (χ2n) is 5.84. The molecular formula is C19H17FN4O. The summed E-state index contributed by atoms with van der Waals surface area (Å²) < 4.78 is 13.5. The fourth-order valence-electron chi connectivity index (χ4n) is 2.52. The van der Waals surface area contributed by atoms with Crippen molar-refractivity contribution in [1.82, 2.24) is 9.88 Å². The van der Waals surface area contributed by atoms with E-state index in [0.29, 0.717) is 22.2 Å². The summed E-state index contributed by atoms with van der Waals surface area (Å²) in [5.74, 6) is -0.406. The number of nitrogens with zero attached hydrogens (tertiary/aromatic N) is 3. The Labute approximate surface area is 144 Å². The number of nitrogen functional groups attached to an aromatic ring is 1. The van der Waals surface area contributed by atoms with E-state index < -0.39 is 5.91 Å². The van der Waals surface area contributed by atoms with Crippen LogP contribution >= 0.6 is 0 Å². The summed E-state index contributed by atoms with van der Waals surface area (Å²) in [6.45, 7) is 0. The number of rotatable bonds is 3. The van der Waals surface area contributed by atoms with Gasteiger partial charge >= 0.3 is 0 Å². The van der Waals surface area contributed by atoms with Crippen LogP contribution in [0.25, 0.3) is 21.9 Å². The molecule has 3 aromatic rings. The Morgan fingerprint density at radius 2 is 1.92 bits per heavy atom. The number of fused-ring (bicyclic) bond motifs is 1. The summed E-state index contributed by atoms with van der Waals surface area (Å²) in [6, 6.07) is 11.7. The third-order valence-electron chi connectivity index (χ3n) is 3.71. The highest BCUT2D eigenvalue weighted by Crippen LogP contribution is 2.29. The topological polar surface area (TPSA) is 71.6 Å². The van der Waals surface area contributed by atoms with E-state index >= 15 is 0 Å². The maximum absolute atomic E-state index is 13.5. The molecule has 0 atom stereocenters. The Morgan fingerprint density at radius 3 is 2.64 bits per heavy atom. The molecule has 1 heterocycles. The SMILES string of the molecule is CN(C)C=NC(=O)c1cnc(N)c2cc(-c3cccc(F)c3)ccc12. The third kappa shape index (κ3) is 3.47. The first kappa shape index (κ1) is 16.6. The van der Waals surface area contributed by atoms with E-state index in [1.54, 1.807) is 37.2 Å². The fraction of sp³-hybridized carbons (Fsp3) is 0.105. The van der Waals surface area contributed by atoms with Crippen molar-refractivity contribution in [3.63, 3.8) is 0 Å². The van der Waals surface area contributed by atoms with Crippen LogP contribution in [0.3, 0.4) is 0 Å². The number of carbonyl (C=O) groups is 1. The minimum Gasteiger partial charge on any atom is -0.383 e. The smallest absolute Gasteiger partial charge is 0.280 e. The summed E-state index contributed by atoms with van der Waals surface area (Å²) in [5.41, 5.74) is 7.87. The molecule has 0 radical (unpaired) electrons. The van der Waals surface area contributed by atoms with Crippen LogP contribution in [0.5, 0.6) is 0 Å². The Hall–Kier alpha value is -3.28. The highest BCUT2D eigenvalue weighted by atomic mass is 19.1. The second-order valence-corrected chi connectivity index (χ2v) is 5.84. The number of amides is 1. The first-order valence-corrected chi connectivity index (χ1v) is 7.65. The molecule has 1 aromatic heterocycles. The largest absolute Gasteiger partial charge is 0.383 e. The molecule has 5 nitrogen and oxygen atoms in total. The number of hydrogen-bond donors (Lipinski definition) is 1. The molecular weight excluding hydrogens is 319 g/mol. The van der Waals surface area contributed by atoms with Crippen LogP contribution in [0.1, 0.15) is 10.4 Å². The highest BCUT2D eigenvalue weighted by Gasteiger charge is 2.13. The predicted octanol–water partition coefficient (Wildman–Crippen LogP) is 3.35. The maximum atomic E-state index is 13.5. The zero-order chi connectivity index (χ0) is 18.0. The minimum absolute atomic E-state index is 0.307. The monoisotopic (exact) mass is 336 g/mol. The lowest BCUT2D eigenvalue weighted by Crippen LogP contribution is -2.10. The molecule has 0 spiro atoms. The number of aromatic nitrogens is 1. The number of aliphatic imine (C=N–C) groups is 1. The predicted molar refractivity (Wildman–Crippen MR) is 98.1 cm³/mol. The first-order chi connectivity index (χ1) is 12.0. The Morgan fingerprint density at radius 1 is 1.16 bits per heavy atom. The van der Waals surface area contributed by atoms with E-state index in [2.05, 4.69) is 9.98 Å². The van der Waals surface area contributed by atoms with Crippen molar-refractivity contribution < 1.29 is 9.18 Å². The molecule has 2 aromatic carbocycles. The van der Waals surface area contributed by atoms with Crippen LogP contribution in [-0.2, 0) is 0 Å². The van der Waals surface area contributed by atoms with Gasteiger partial charge in [0, 0.05) is 25.7 Å². The van der Waals surface area contributed by atoms with Gasteiger partial charge in [0.25, 0.3) is 5.91 Å². The molecule has 6 heteroatoms. The van der Waals surface area contributed by atoms with Crippen LogP contribution < -0.4 is 5.73 Å². The lowest BCUT2D eigenvalue weighted by Gasteiger charge is -2.09. The average Bonchev–Trinajstić information content (AvgIpc) is 2.60. The number of carbonyl (C=O) groups excluding carboxylic acids is 1. The van der Waals surface area contributed by atoms with Gasteiger partial charge in [-0.3, -0.25) is 4.79 Å². The standard InChI is InChI=1S/C19H17FN4O/c1-24(2)11-23-19(25)17-10-22-18(21)16-9-13(6-7-15(16)17)12-4-3-5-14(20)8-12/h3-11H,1-2H3,(H2,21,22). The molecule has 0 saturated heterocycles. The van der Waals surface area contributed by atoms with Crippen LogP contribution in [0.4, 0.5) is 10.2 Å². The molecule has 0 bridgehead atoms. The van der Waals surface area contributed by atoms with Gasteiger partial charge in [0.05, 0.1) is 11.9 Å². The molecule has 0 unspecified atom stereocenters. The van der Waals surface area contributed by atoms with Crippen LogP contribution in [0.15, 0.2) is 53.7 Å². The Kier molecular flexibility index (Phi) is 4.43. The lowest BCUT2D eigenvalue weighted by atomic mass is 9.99. The van der Waals surface area contributed by atoms with E-state index in [1.165, 1.54) is 24.7 Å². The molecule has 25 heavy (non-hydrogen) atoms. The number of halogens is 1. The van der Waals surface area contributed by atoms with Gasteiger partial charge < -0.3 is 10.6 Å². The van der Waals surface area contributed by atoms with Crippen molar-refractivity contribution in [2.75, 3.05) is 19.8 Å². The van der Waals surface area contributed by atoms with Gasteiger partial charge in [-0.25, -0.2) is 9.37 Å². The number of hydrogen-bond acceptors (Lipinski definition) is 3. The quantitative estimate of drug-likeness (QED) is 0.588. The zero-order valence-corrected chi connectivity index (χ0v) is 13.9. The molecule has 3 rings (SSSR count). The second kappa shape index (κ2) is 6.68. The van der Waals surface area contributed by atoms with E-state index in [-0.39, 0.29) is 5.82 Å². The van der Waals surface area contributed by atoms with E-state index in [4.69, 9.17) is 5.73 Å². The van der Waals surface area contributed by atoms with Gasteiger partial charge in [-0.05, 0) is 34.7 Å². The van der Waals surface area contributed by atoms with Gasteiger partial charge in [0.2, 0.25) is 0 Å². The van der Waals surface area contributed by atoms with Crippen LogP contribution in [0.2, 0.25) is 0 Å². The molecule has 0 fully saturated rings. The minimum atomic E-state index is -0.398. The molecule has 0 aliphatic rings. The molecule has 1 amide bonds. The molecule has 0 aliphatic heterocycles. The van der Waals surface area contributed by atoms with E-state index in [0.717, 1.165) is 11.1 Å². The number of anilines is 1. The Balaban J connectivity index is 2.12. The number of benzene rings is 2. The molecule has 0 saturated carbocycles. The van der Waals surface area contributed by atoms with Gasteiger partial charge in [0.1, 0.15) is 11.6 Å². The van der Waals surface area contributed by atoms with Gasteiger partial charge in [-0.1, -0.05) is 24.3 Å². The summed E-state index contributed by atoms with van der Waals surface area (Å²) >= 11 is 0. The third-order valence-corrected chi connectivity index (χ3v) is 3.71. The first-order valence-electron chi connectivity index (χ1n) is 7.65. The van der Waals surface area contributed by atoms with Crippen molar-refractivity contribution in [3.05, 3.63) is 60.0 Å². The Bertz CT molecular complexity index is 982. The van der Waals surface area contributed by atoms with E-state index in [1.807, 2.05) is 12.1 Å². The summed E-state index contributed by atoms with van der Waals surface area (Å²) in [4.78, 5) is 22.0. The fourth-order valence-corrected chi connectivity index (χ4v) is 2.52. The maximum Gasteiger partial charge on any atom is 0.280 e. The van der Waals surface area contributed by atoms with Crippen LogP contribution in [-0.4, -0.2) is 36.2 Å². The number of pyridine rings is 1. The van der Waals surface area contributed by atoms with Crippen molar-refractivity contribution in [2.24, 2.45) is 4.99 Å². The summed E-state index contributed by atoms with van der Waals surface area (Å²) in [7, 11) is 3.56. The zero-order valence-electron chi connectivity index (χ0n) is 13.9. The molecule has 0 aliphatic carbocycles. The van der Waals surface area contributed by atoms with Crippen molar-refractivity contribution in [3.8, 4) is 11.1 Å². The van der Waals surface area contributed by atoms with Crippen molar-refractivity contribution >= 4 is 28.8 Å². The van der Waals surface area contributed by atoms with Crippen LogP contribution in [0, 0.1) is 5.82 Å². The summed E-state index contributed by atoms with van der Waals surface area (Å²) in [6.07, 6.45) is 2.86. The van der Waals surface area contributed by atoms with Gasteiger partial charge in [-0.2, -0.15) is 4.99 Å². The molecule has 2 N–H and O–H groups in total. The summed E-state index contributed by atoms with van der Waals surface area (Å²) in [5, 5.41) is 1.29. The number of nitrogens with two attached hydrogens (primary N) is 1. The van der Waals surface area contributed by atoms with Gasteiger partial charge in [0.15, 0.2) is 0 Å². The van der Waals surface area contributed by atoms with E-state index in [9.17, 15) is 9.18 Å². The van der Waals surface area contributed by atoms with Gasteiger partial charge in [-0.15, -0.1) is 0 Å². The van der Waals surface area contributed by atoms with Crippen molar-refractivity contribution in [1.29, 1.82) is 0 Å². The molecule has 126 valence electrons.